The second-order valence-corrected chi connectivity index (χ2v) is 7.26. The first-order valence-electron chi connectivity index (χ1n) is 10.2. The molecule has 0 aromatic heterocycles. The van der Waals surface area contributed by atoms with E-state index in [2.05, 4.69) is 4.99 Å². The molecular formula is C23H31NO6. The lowest BCUT2D eigenvalue weighted by Gasteiger charge is -2.31. The van der Waals surface area contributed by atoms with Gasteiger partial charge in [-0.05, 0) is 59.2 Å². The molecule has 0 amide bonds. The molecule has 1 heterocycles. The molecular weight excluding hydrogens is 386 g/mol. The fraction of sp³-hybridized carbons (Fsp3) is 0.522. The maximum Gasteiger partial charge on any atom is 0.336 e. The second-order valence-electron chi connectivity index (χ2n) is 7.26. The Labute approximate surface area is 178 Å². The summed E-state index contributed by atoms with van der Waals surface area (Å²) in [7, 11) is 1.55. The van der Waals surface area contributed by atoms with E-state index in [0.717, 1.165) is 5.56 Å². The topological polar surface area (TPSA) is 83.4 Å². The van der Waals surface area contributed by atoms with Gasteiger partial charge in [-0.3, -0.25) is 9.79 Å². The van der Waals surface area contributed by atoms with Crippen LogP contribution in [0.5, 0.6) is 11.5 Å². The average Bonchev–Trinajstić information content (AvgIpc) is 2.67. The van der Waals surface area contributed by atoms with Crippen LogP contribution in [0.2, 0.25) is 0 Å². The number of allylic oxidation sites excluding steroid dienone is 1. The monoisotopic (exact) mass is 417 g/mol. The largest absolute Gasteiger partial charge is 0.493 e. The van der Waals surface area contributed by atoms with Crippen LogP contribution < -0.4 is 9.47 Å². The van der Waals surface area contributed by atoms with Crippen LogP contribution in [0.15, 0.2) is 34.5 Å². The Balaban J connectivity index is 2.65. The van der Waals surface area contributed by atoms with Gasteiger partial charge in [0.05, 0.1) is 32.0 Å². The lowest BCUT2D eigenvalue weighted by atomic mass is 9.75. The van der Waals surface area contributed by atoms with E-state index >= 15 is 0 Å². The third-order valence-electron chi connectivity index (χ3n) is 4.77. The first-order chi connectivity index (χ1) is 14.2. The Morgan fingerprint density at radius 1 is 1.07 bits per heavy atom. The van der Waals surface area contributed by atoms with Gasteiger partial charge in [-0.1, -0.05) is 6.07 Å². The van der Waals surface area contributed by atoms with Crippen LogP contribution in [0.4, 0.5) is 0 Å². The molecule has 2 rings (SSSR count). The zero-order valence-electron chi connectivity index (χ0n) is 18.8. The van der Waals surface area contributed by atoms with E-state index in [1.807, 2.05) is 19.9 Å². The molecule has 1 aromatic rings. The minimum atomic E-state index is -0.741. The number of carbonyl (C=O) groups excluding carboxylic acids is 2. The smallest absolute Gasteiger partial charge is 0.336 e. The van der Waals surface area contributed by atoms with Gasteiger partial charge in [0.1, 0.15) is 5.92 Å². The summed E-state index contributed by atoms with van der Waals surface area (Å²) < 4.78 is 21.9. The molecule has 1 aliphatic heterocycles. The molecule has 0 N–H and O–H groups in total. The van der Waals surface area contributed by atoms with Gasteiger partial charge in [-0.2, -0.15) is 0 Å². The van der Waals surface area contributed by atoms with Crippen molar-refractivity contribution in [2.24, 2.45) is 10.9 Å². The first kappa shape index (κ1) is 23.4. The van der Waals surface area contributed by atoms with Gasteiger partial charge in [-0.15, -0.1) is 0 Å². The predicted octanol–water partition coefficient (Wildman–Crippen LogP) is 4.06. The molecule has 1 aromatic carbocycles. The summed E-state index contributed by atoms with van der Waals surface area (Å²) in [6.07, 6.45) is -0.0293. The van der Waals surface area contributed by atoms with E-state index in [0.29, 0.717) is 28.5 Å². The fourth-order valence-electron chi connectivity index (χ4n) is 3.64. The first-order valence-corrected chi connectivity index (χ1v) is 10.2. The van der Waals surface area contributed by atoms with Crippen molar-refractivity contribution in [3.63, 3.8) is 0 Å². The maximum atomic E-state index is 12.9. The molecule has 0 bridgehead atoms. The van der Waals surface area contributed by atoms with Crippen molar-refractivity contribution in [3.05, 3.63) is 35.0 Å². The Bertz CT molecular complexity index is 855. The SMILES string of the molecule is CCOC(=O)C1=C(C)N=C(C)C(C(=O)OCC)[C@H]1c1ccc(OC(C)C)c(OC)c1. The number of aliphatic imine (C=N–C) groups is 1. The van der Waals surface area contributed by atoms with Crippen molar-refractivity contribution in [1.29, 1.82) is 0 Å². The standard InChI is InChI=1S/C23H31NO6/c1-8-28-22(25)19-14(5)24-15(6)20(23(26)29-9-2)21(19)16-10-11-17(30-13(3)4)18(12-16)27-7/h10-13,19,21H,8-9H2,1-7H3/t19?,21-/m1/s1. The summed E-state index contributed by atoms with van der Waals surface area (Å²) in [5, 5.41) is 0. The van der Waals surface area contributed by atoms with Crippen LogP contribution in [0.3, 0.4) is 0 Å². The Hall–Kier alpha value is -2.83. The van der Waals surface area contributed by atoms with E-state index in [-0.39, 0.29) is 19.3 Å². The van der Waals surface area contributed by atoms with Crippen LogP contribution in [-0.4, -0.2) is 44.1 Å². The lowest BCUT2D eigenvalue weighted by Crippen LogP contribution is -2.36. The summed E-state index contributed by atoms with van der Waals surface area (Å²) in [6.45, 7) is 11.3. The Kier molecular flexibility index (Phi) is 8.03. The molecule has 0 spiro atoms. The van der Waals surface area contributed by atoms with Gasteiger partial charge in [0.25, 0.3) is 0 Å². The third kappa shape index (κ3) is 5.01. The van der Waals surface area contributed by atoms with Crippen LogP contribution in [0.25, 0.3) is 0 Å². The van der Waals surface area contributed by atoms with Crippen molar-refractivity contribution in [2.75, 3.05) is 20.3 Å². The van der Waals surface area contributed by atoms with Gasteiger partial charge in [0.15, 0.2) is 11.5 Å². The number of methoxy groups -OCH3 is 1. The number of benzene rings is 1. The Morgan fingerprint density at radius 2 is 1.73 bits per heavy atom. The summed E-state index contributed by atoms with van der Waals surface area (Å²) in [5.74, 6) is -1.17. The zero-order chi connectivity index (χ0) is 22.4. The van der Waals surface area contributed by atoms with Gasteiger partial charge in [0, 0.05) is 17.3 Å². The van der Waals surface area contributed by atoms with E-state index < -0.39 is 23.8 Å². The minimum Gasteiger partial charge on any atom is -0.493 e. The lowest BCUT2D eigenvalue weighted by molar-refractivity contribution is -0.146. The highest BCUT2D eigenvalue weighted by atomic mass is 16.5. The molecule has 30 heavy (non-hydrogen) atoms. The number of nitrogens with zero attached hydrogens (tertiary/aromatic N) is 1. The normalized spacial score (nSPS) is 18.7. The van der Waals surface area contributed by atoms with E-state index in [1.165, 1.54) is 0 Å². The van der Waals surface area contributed by atoms with Gasteiger partial charge in [-0.25, -0.2) is 4.79 Å². The van der Waals surface area contributed by atoms with E-state index in [4.69, 9.17) is 18.9 Å². The quantitative estimate of drug-likeness (QED) is 0.593. The molecule has 0 saturated heterocycles. The molecule has 1 aliphatic rings. The van der Waals surface area contributed by atoms with Crippen molar-refractivity contribution < 1.29 is 28.5 Å². The van der Waals surface area contributed by atoms with Crippen molar-refractivity contribution in [2.45, 2.75) is 53.6 Å². The van der Waals surface area contributed by atoms with Crippen LogP contribution in [0, 0.1) is 5.92 Å². The third-order valence-corrected chi connectivity index (χ3v) is 4.77. The van der Waals surface area contributed by atoms with Crippen LogP contribution in [-0.2, 0) is 19.1 Å². The number of rotatable bonds is 8. The molecule has 2 atom stereocenters. The molecule has 0 radical (unpaired) electrons. The Morgan fingerprint density at radius 3 is 2.30 bits per heavy atom. The minimum absolute atomic E-state index is 0.0293. The number of carbonyl (C=O) groups is 2. The van der Waals surface area contributed by atoms with Crippen molar-refractivity contribution >= 4 is 17.7 Å². The number of hydrogen-bond donors (Lipinski definition) is 0. The van der Waals surface area contributed by atoms with Crippen LogP contribution >= 0.6 is 0 Å². The van der Waals surface area contributed by atoms with Gasteiger partial charge >= 0.3 is 11.9 Å². The number of hydrogen-bond acceptors (Lipinski definition) is 7. The molecule has 1 unspecified atom stereocenters. The number of esters is 2. The summed E-state index contributed by atoms with van der Waals surface area (Å²) in [4.78, 5) is 30.2. The number of ether oxygens (including phenoxy) is 4. The van der Waals surface area contributed by atoms with Crippen molar-refractivity contribution in [1.82, 2.24) is 0 Å². The summed E-state index contributed by atoms with van der Waals surface area (Å²) in [6, 6.07) is 5.41. The molecule has 7 heteroatoms. The van der Waals surface area contributed by atoms with Gasteiger partial charge in [0.2, 0.25) is 0 Å². The van der Waals surface area contributed by atoms with Crippen LogP contribution in [0.1, 0.15) is 53.0 Å². The molecule has 0 saturated carbocycles. The summed E-state index contributed by atoms with van der Waals surface area (Å²) in [5.41, 5.74) is 2.18. The van der Waals surface area contributed by atoms with E-state index in [1.54, 1.807) is 46.9 Å². The molecule has 0 fully saturated rings. The van der Waals surface area contributed by atoms with Gasteiger partial charge < -0.3 is 18.9 Å². The molecule has 164 valence electrons. The second kappa shape index (κ2) is 10.3. The predicted molar refractivity (Wildman–Crippen MR) is 114 cm³/mol. The van der Waals surface area contributed by atoms with Crippen molar-refractivity contribution in [3.8, 4) is 11.5 Å². The highest BCUT2D eigenvalue weighted by Gasteiger charge is 2.42. The molecule has 7 nitrogen and oxygen atoms in total. The maximum absolute atomic E-state index is 12.9. The fourth-order valence-corrected chi connectivity index (χ4v) is 3.64. The zero-order valence-corrected chi connectivity index (χ0v) is 18.8. The molecule has 0 aliphatic carbocycles. The average molecular weight is 418 g/mol. The summed E-state index contributed by atoms with van der Waals surface area (Å²) >= 11 is 0. The van der Waals surface area contributed by atoms with E-state index in [9.17, 15) is 9.59 Å². The highest BCUT2D eigenvalue weighted by Crippen LogP contribution is 2.42. The highest BCUT2D eigenvalue weighted by molar-refractivity contribution is 6.07.